The van der Waals surface area contributed by atoms with E-state index in [1.165, 1.54) is 6.33 Å². The van der Waals surface area contributed by atoms with Gasteiger partial charge in [-0.15, -0.1) is 0 Å². The van der Waals surface area contributed by atoms with Crippen LogP contribution in [0.25, 0.3) is 0 Å². The lowest BCUT2D eigenvalue weighted by atomic mass is 10.3. The summed E-state index contributed by atoms with van der Waals surface area (Å²) in [4.78, 5) is 4.03. The number of aromatic nitrogens is 3. The van der Waals surface area contributed by atoms with Gasteiger partial charge < -0.3 is 14.8 Å². The first kappa shape index (κ1) is 11.1. The van der Waals surface area contributed by atoms with Crippen molar-refractivity contribution >= 4 is 0 Å². The fourth-order valence-electron chi connectivity index (χ4n) is 1.06. The maximum atomic E-state index is 5.04. The molecular formula is C8H16N4O2. The lowest BCUT2D eigenvalue weighted by Gasteiger charge is -2.16. The van der Waals surface area contributed by atoms with Crippen LogP contribution in [0.2, 0.25) is 0 Å². The van der Waals surface area contributed by atoms with Crippen molar-refractivity contribution < 1.29 is 9.47 Å². The second-order valence-corrected chi connectivity index (χ2v) is 2.90. The molecule has 0 aliphatic carbocycles. The van der Waals surface area contributed by atoms with E-state index in [2.05, 4.69) is 20.5 Å². The number of nitrogens with zero attached hydrogens (tertiary/aromatic N) is 2. The number of methoxy groups -OCH3 is 2. The molecule has 1 aromatic heterocycles. The first-order chi connectivity index (χ1) is 6.77. The van der Waals surface area contributed by atoms with Crippen LogP contribution < -0.4 is 5.32 Å². The van der Waals surface area contributed by atoms with Crippen molar-refractivity contribution in [3.8, 4) is 0 Å². The van der Waals surface area contributed by atoms with Crippen molar-refractivity contribution in [1.82, 2.24) is 20.5 Å². The molecule has 6 nitrogen and oxygen atoms in total. The van der Waals surface area contributed by atoms with Gasteiger partial charge in [-0.25, -0.2) is 4.98 Å². The predicted octanol–water partition coefficient (Wildman–Crippen LogP) is 0.0742. The van der Waals surface area contributed by atoms with E-state index in [4.69, 9.17) is 9.47 Å². The minimum atomic E-state index is -0.236. The van der Waals surface area contributed by atoms with E-state index >= 15 is 0 Å². The quantitative estimate of drug-likeness (QED) is 0.636. The van der Waals surface area contributed by atoms with Crippen molar-refractivity contribution in [2.45, 2.75) is 19.3 Å². The number of ether oxygens (including phenoxy) is 2. The fourth-order valence-corrected chi connectivity index (χ4v) is 1.06. The summed E-state index contributed by atoms with van der Waals surface area (Å²) in [6, 6.07) is 0.102. The Bertz CT molecular complexity index is 235. The molecule has 0 spiro atoms. The summed E-state index contributed by atoms with van der Waals surface area (Å²) in [6.07, 6.45) is 1.25. The van der Waals surface area contributed by atoms with Crippen LogP contribution in [0.4, 0.5) is 0 Å². The number of aromatic amines is 1. The molecule has 14 heavy (non-hydrogen) atoms. The third-order valence-electron chi connectivity index (χ3n) is 1.96. The molecule has 80 valence electrons. The van der Waals surface area contributed by atoms with Crippen LogP contribution in [0.1, 0.15) is 18.8 Å². The van der Waals surface area contributed by atoms with Crippen molar-refractivity contribution in [3.05, 3.63) is 12.2 Å². The van der Waals surface area contributed by atoms with Crippen LogP contribution in [0.15, 0.2) is 6.33 Å². The summed E-state index contributed by atoms with van der Waals surface area (Å²) < 4.78 is 10.1. The second-order valence-electron chi connectivity index (χ2n) is 2.90. The molecule has 6 heteroatoms. The highest BCUT2D eigenvalue weighted by atomic mass is 16.7. The zero-order chi connectivity index (χ0) is 10.4. The Kier molecular flexibility index (Phi) is 4.51. The van der Waals surface area contributed by atoms with Gasteiger partial charge in [0.1, 0.15) is 12.2 Å². The molecule has 0 radical (unpaired) electrons. The first-order valence-corrected chi connectivity index (χ1v) is 4.42. The van der Waals surface area contributed by atoms with Crippen molar-refractivity contribution in [2.24, 2.45) is 0 Å². The normalized spacial score (nSPS) is 13.4. The van der Waals surface area contributed by atoms with Gasteiger partial charge in [-0.1, -0.05) is 0 Å². The Balaban J connectivity index is 2.31. The van der Waals surface area contributed by atoms with E-state index in [-0.39, 0.29) is 12.3 Å². The smallest absolute Gasteiger partial charge is 0.169 e. The van der Waals surface area contributed by atoms with E-state index in [0.29, 0.717) is 6.54 Å². The van der Waals surface area contributed by atoms with E-state index in [1.807, 2.05) is 6.92 Å². The molecule has 2 N–H and O–H groups in total. The van der Waals surface area contributed by atoms with Gasteiger partial charge in [0, 0.05) is 20.8 Å². The highest BCUT2D eigenvalue weighted by molar-refractivity contribution is 4.88. The topological polar surface area (TPSA) is 72.1 Å². The van der Waals surface area contributed by atoms with Crippen molar-refractivity contribution in [1.29, 1.82) is 0 Å². The molecule has 0 bridgehead atoms. The van der Waals surface area contributed by atoms with Gasteiger partial charge in [0.05, 0.1) is 6.04 Å². The summed E-state index contributed by atoms with van der Waals surface area (Å²) in [5.41, 5.74) is 0. The van der Waals surface area contributed by atoms with Gasteiger partial charge in [0.15, 0.2) is 6.29 Å². The molecule has 0 aromatic carbocycles. The molecule has 0 aliphatic rings. The zero-order valence-corrected chi connectivity index (χ0v) is 8.65. The van der Waals surface area contributed by atoms with E-state index in [0.717, 1.165) is 5.82 Å². The maximum absolute atomic E-state index is 5.04. The Morgan fingerprint density at radius 1 is 1.50 bits per heavy atom. The van der Waals surface area contributed by atoms with E-state index < -0.39 is 0 Å². The van der Waals surface area contributed by atoms with Crippen LogP contribution >= 0.6 is 0 Å². The number of hydrogen-bond acceptors (Lipinski definition) is 5. The third kappa shape index (κ3) is 3.06. The predicted molar refractivity (Wildman–Crippen MR) is 50.6 cm³/mol. The Hall–Kier alpha value is -0.980. The average Bonchev–Trinajstić information content (AvgIpc) is 2.72. The van der Waals surface area contributed by atoms with Crippen molar-refractivity contribution in [2.75, 3.05) is 20.8 Å². The van der Waals surface area contributed by atoms with Gasteiger partial charge in [0.25, 0.3) is 0 Å². The van der Waals surface area contributed by atoms with Crippen LogP contribution in [-0.4, -0.2) is 42.2 Å². The van der Waals surface area contributed by atoms with Gasteiger partial charge in [0.2, 0.25) is 0 Å². The highest BCUT2D eigenvalue weighted by Gasteiger charge is 2.10. The lowest BCUT2D eigenvalue weighted by molar-refractivity contribution is -0.0998. The van der Waals surface area contributed by atoms with Gasteiger partial charge in [-0.05, 0) is 6.92 Å². The average molecular weight is 200 g/mol. The van der Waals surface area contributed by atoms with Crippen LogP contribution in [0, 0.1) is 0 Å². The standard InChI is InChI=1S/C8H16N4O2/c1-6(8-10-5-11-12-8)9-4-7(13-2)14-3/h5-7,9H,4H2,1-3H3,(H,10,11,12). The van der Waals surface area contributed by atoms with E-state index in [9.17, 15) is 0 Å². The molecular weight excluding hydrogens is 184 g/mol. The number of hydrogen-bond donors (Lipinski definition) is 2. The Labute approximate surface area is 83.0 Å². The maximum Gasteiger partial charge on any atom is 0.169 e. The van der Waals surface area contributed by atoms with Crippen LogP contribution in [0.3, 0.4) is 0 Å². The molecule has 1 atom stereocenters. The summed E-state index contributed by atoms with van der Waals surface area (Å²) in [7, 11) is 3.21. The largest absolute Gasteiger partial charge is 0.355 e. The molecule has 1 heterocycles. The summed E-state index contributed by atoms with van der Waals surface area (Å²) >= 11 is 0. The Morgan fingerprint density at radius 2 is 2.21 bits per heavy atom. The minimum Gasteiger partial charge on any atom is -0.355 e. The number of nitrogens with one attached hydrogen (secondary N) is 2. The van der Waals surface area contributed by atoms with Gasteiger partial charge >= 0.3 is 0 Å². The molecule has 0 saturated heterocycles. The number of rotatable bonds is 6. The van der Waals surface area contributed by atoms with Crippen LogP contribution in [0.5, 0.6) is 0 Å². The zero-order valence-electron chi connectivity index (χ0n) is 8.65. The SMILES string of the molecule is COC(CNC(C)c1ncn[nH]1)OC. The molecule has 1 unspecified atom stereocenters. The van der Waals surface area contributed by atoms with Crippen LogP contribution in [-0.2, 0) is 9.47 Å². The lowest BCUT2D eigenvalue weighted by Crippen LogP contribution is -2.32. The summed E-state index contributed by atoms with van der Waals surface area (Å²) in [5, 5.41) is 9.77. The van der Waals surface area contributed by atoms with Gasteiger partial charge in [-0.3, -0.25) is 5.10 Å². The summed E-state index contributed by atoms with van der Waals surface area (Å²) in [5.74, 6) is 0.802. The first-order valence-electron chi connectivity index (χ1n) is 4.42. The summed E-state index contributed by atoms with van der Waals surface area (Å²) in [6.45, 7) is 2.60. The molecule has 0 aliphatic heterocycles. The second kappa shape index (κ2) is 5.69. The molecule has 1 aromatic rings. The fraction of sp³-hybridized carbons (Fsp3) is 0.750. The van der Waals surface area contributed by atoms with Gasteiger partial charge in [-0.2, -0.15) is 5.10 Å². The third-order valence-corrected chi connectivity index (χ3v) is 1.96. The molecule has 0 fully saturated rings. The minimum absolute atomic E-state index is 0.102. The number of H-pyrrole nitrogens is 1. The van der Waals surface area contributed by atoms with Crippen molar-refractivity contribution in [3.63, 3.8) is 0 Å². The highest BCUT2D eigenvalue weighted by Crippen LogP contribution is 2.03. The monoisotopic (exact) mass is 200 g/mol. The molecule has 0 amide bonds. The molecule has 1 rings (SSSR count). The Morgan fingerprint density at radius 3 is 2.71 bits per heavy atom. The van der Waals surface area contributed by atoms with E-state index in [1.54, 1.807) is 14.2 Å². The molecule has 0 saturated carbocycles.